The van der Waals surface area contributed by atoms with Crippen molar-refractivity contribution < 1.29 is 14.3 Å². The van der Waals surface area contributed by atoms with Crippen molar-refractivity contribution in [1.82, 2.24) is 25.8 Å². The van der Waals surface area contributed by atoms with E-state index < -0.39 is 11.7 Å². The minimum Gasteiger partial charge on any atom is -0.444 e. The summed E-state index contributed by atoms with van der Waals surface area (Å²) in [6.07, 6.45) is -0.411. The molecule has 1 rings (SSSR count). The molecule has 30 heavy (non-hydrogen) atoms. The lowest BCUT2D eigenvalue weighted by Crippen LogP contribution is -2.56. The average Bonchev–Trinajstić information content (AvgIpc) is 2.60. The number of ether oxygens (including phenoxy) is 1. The number of carbonyl (C=O) groups is 2. The van der Waals surface area contributed by atoms with Gasteiger partial charge in [0.05, 0.1) is 12.6 Å². The minimum atomic E-state index is -0.527. The molecule has 1 saturated heterocycles. The molecule has 1 fully saturated rings. The highest BCUT2D eigenvalue weighted by atomic mass is 16.6. The maximum absolute atomic E-state index is 12.1. The van der Waals surface area contributed by atoms with Crippen LogP contribution in [0.2, 0.25) is 0 Å². The second-order valence-corrected chi connectivity index (χ2v) is 9.41. The number of amides is 2. The van der Waals surface area contributed by atoms with Crippen LogP contribution in [0.15, 0.2) is 4.99 Å². The number of nitrogens with one attached hydrogen (secondary N) is 3. The lowest BCUT2D eigenvalue weighted by atomic mass is 10.0. The quantitative estimate of drug-likeness (QED) is 0.419. The van der Waals surface area contributed by atoms with Gasteiger partial charge in [-0.2, -0.15) is 0 Å². The molecule has 0 aromatic carbocycles. The highest BCUT2D eigenvalue weighted by Gasteiger charge is 2.24. The van der Waals surface area contributed by atoms with E-state index in [1.807, 2.05) is 34.6 Å². The van der Waals surface area contributed by atoms with Crippen molar-refractivity contribution in [2.45, 2.75) is 66.2 Å². The van der Waals surface area contributed by atoms with Gasteiger partial charge in [-0.05, 0) is 40.5 Å². The van der Waals surface area contributed by atoms with E-state index in [2.05, 4.69) is 44.6 Å². The third-order valence-corrected chi connectivity index (χ3v) is 4.69. The first kappa shape index (κ1) is 26.0. The Morgan fingerprint density at radius 3 is 2.10 bits per heavy atom. The molecule has 1 aliphatic rings. The predicted molar refractivity (Wildman–Crippen MR) is 121 cm³/mol. The highest BCUT2D eigenvalue weighted by molar-refractivity contribution is 5.80. The maximum Gasteiger partial charge on any atom is 0.407 e. The first-order valence-electron chi connectivity index (χ1n) is 10.9. The zero-order valence-electron chi connectivity index (χ0n) is 20.0. The fraction of sp³-hybridized carbons (Fsp3) is 0.857. The van der Waals surface area contributed by atoms with Gasteiger partial charge in [-0.25, -0.2) is 4.79 Å². The van der Waals surface area contributed by atoms with Crippen molar-refractivity contribution in [1.29, 1.82) is 0 Å². The van der Waals surface area contributed by atoms with Crippen molar-refractivity contribution in [2.24, 2.45) is 10.9 Å². The molecule has 9 heteroatoms. The highest BCUT2D eigenvalue weighted by Crippen LogP contribution is 2.09. The number of nitrogens with zero attached hydrogens (tertiary/aromatic N) is 3. The summed E-state index contributed by atoms with van der Waals surface area (Å²) in [5.74, 6) is 1.10. The van der Waals surface area contributed by atoms with Crippen LogP contribution in [0.1, 0.15) is 48.5 Å². The standard InChI is InChI=1S/C21H42N6O3/c1-15(2)17(25-20(29)30-21(5,6)7)13-23-19(22-8)27-11-9-26(10-12-27)14-18(28)24-16(3)4/h15-17H,9-14H2,1-8H3,(H,22,23)(H,24,28)(H,25,29). The Labute approximate surface area is 182 Å². The fourth-order valence-corrected chi connectivity index (χ4v) is 3.13. The number of hydrogen-bond acceptors (Lipinski definition) is 5. The van der Waals surface area contributed by atoms with E-state index in [4.69, 9.17) is 4.74 Å². The Morgan fingerprint density at radius 1 is 1.03 bits per heavy atom. The number of rotatable bonds is 7. The minimum absolute atomic E-state index is 0.0638. The van der Waals surface area contributed by atoms with Gasteiger partial charge in [-0.1, -0.05) is 13.8 Å². The average molecular weight is 427 g/mol. The van der Waals surface area contributed by atoms with Crippen LogP contribution in [0.3, 0.4) is 0 Å². The Hall–Kier alpha value is -2.03. The summed E-state index contributed by atoms with van der Waals surface area (Å²) < 4.78 is 5.38. The first-order chi connectivity index (χ1) is 13.9. The van der Waals surface area contributed by atoms with Crippen LogP contribution in [0, 0.1) is 5.92 Å². The predicted octanol–water partition coefficient (Wildman–Crippen LogP) is 1.25. The summed E-state index contributed by atoms with van der Waals surface area (Å²) in [5.41, 5.74) is -0.527. The van der Waals surface area contributed by atoms with E-state index in [1.54, 1.807) is 7.05 Å². The SMILES string of the molecule is CN=C(NCC(NC(=O)OC(C)(C)C)C(C)C)N1CCN(CC(=O)NC(C)C)CC1. The number of carbonyl (C=O) groups excluding carboxylic acids is 2. The molecule has 2 amide bonds. The maximum atomic E-state index is 12.1. The molecule has 0 radical (unpaired) electrons. The molecule has 0 saturated carbocycles. The summed E-state index contributed by atoms with van der Waals surface area (Å²) in [6, 6.07) is 0.0719. The zero-order valence-corrected chi connectivity index (χ0v) is 20.0. The molecule has 1 aliphatic heterocycles. The second kappa shape index (κ2) is 12.0. The van der Waals surface area contributed by atoms with Crippen molar-refractivity contribution in [3.05, 3.63) is 0 Å². The first-order valence-corrected chi connectivity index (χ1v) is 10.9. The molecule has 3 N–H and O–H groups in total. The smallest absolute Gasteiger partial charge is 0.407 e. The van der Waals surface area contributed by atoms with E-state index in [-0.39, 0.29) is 23.9 Å². The van der Waals surface area contributed by atoms with Crippen LogP contribution >= 0.6 is 0 Å². The number of hydrogen-bond donors (Lipinski definition) is 3. The monoisotopic (exact) mass is 426 g/mol. The number of piperazine rings is 1. The molecule has 0 aromatic heterocycles. The largest absolute Gasteiger partial charge is 0.444 e. The van der Waals surface area contributed by atoms with Crippen LogP contribution in [0.5, 0.6) is 0 Å². The van der Waals surface area contributed by atoms with Gasteiger partial charge in [-0.3, -0.25) is 14.7 Å². The lowest BCUT2D eigenvalue weighted by molar-refractivity contribution is -0.123. The van der Waals surface area contributed by atoms with Gasteiger partial charge in [0.15, 0.2) is 5.96 Å². The lowest BCUT2D eigenvalue weighted by Gasteiger charge is -2.36. The van der Waals surface area contributed by atoms with E-state index in [0.29, 0.717) is 13.1 Å². The Morgan fingerprint density at radius 2 is 1.63 bits per heavy atom. The van der Waals surface area contributed by atoms with Gasteiger partial charge in [0.25, 0.3) is 0 Å². The Kier molecular flexibility index (Phi) is 10.4. The molecule has 0 spiro atoms. The Bertz CT molecular complexity index is 578. The van der Waals surface area contributed by atoms with Crippen LogP contribution in [0.4, 0.5) is 4.79 Å². The van der Waals surface area contributed by atoms with Crippen LogP contribution < -0.4 is 16.0 Å². The summed E-state index contributed by atoms with van der Waals surface area (Å²) in [4.78, 5) is 32.8. The molecule has 0 bridgehead atoms. The molecule has 1 unspecified atom stereocenters. The third-order valence-electron chi connectivity index (χ3n) is 4.69. The molecule has 1 atom stereocenters. The number of aliphatic imine (C=N–C) groups is 1. The van der Waals surface area contributed by atoms with E-state index in [9.17, 15) is 9.59 Å². The van der Waals surface area contributed by atoms with Gasteiger partial charge in [-0.15, -0.1) is 0 Å². The van der Waals surface area contributed by atoms with Gasteiger partial charge >= 0.3 is 6.09 Å². The molecule has 1 heterocycles. The van der Waals surface area contributed by atoms with Crippen molar-refractivity contribution >= 4 is 18.0 Å². The van der Waals surface area contributed by atoms with Crippen molar-refractivity contribution in [3.8, 4) is 0 Å². The number of guanidine groups is 1. The summed E-state index contributed by atoms with van der Waals surface area (Å²) in [5, 5.41) is 9.26. The van der Waals surface area contributed by atoms with Crippen molar-refractivity contribution in [2.75, 3.05) is 46.3 Å². The van der Waals surface area contributed by atoms with Gasteiger partial charge < -0.3 is 25.6 Å². The summed E-state index contributed by atoms with van der Waals surface area (Å²) in [7, 11) is 1.76. The van der Waals surface area contributed by atoms with Crippen molar-refractivity contribution in [3.63, 3.8) is 0 Å². The second-order valence-electron chi connectivity index (χ2n) is 9.41. The van der Waals surface area contributed by atoms with E-state index in [0.717, 1.165) is 32.1 Å². The van der Waals surface area contributed by atoms with Gasteiger partial charge in [0.1, 0.15) is 5.60 Å². The van der Waals surface area contributed by atoms with Crippen LogP contribution in [-0.2, 0) is 9.53 Å². The summed E-state index contributed by atoms with van der Waals surface area (Å²) in [6.45, 7) is 17.8. The topological polar surface area (TPSA) is 98.3 Å². The van der Waals surface area contributed by atoms with Gasteiger partial charge in [0.2, 0.25) is 5.91 Å². The molecule has 174 valence electrons. The normalized spacial score (nSPS) is 17.1. The molecular weight excluding hydrogens is 384 g/mol. The van der Waals surface area contributed by atoms with Crippen LogP contribution in [0.25, 0.3) is 0 Å². The zero-order chi connectivity index (χ0) is 22.9. The van der Waals surface area contributed by atoms with Crippen LogP contribution in [-0.4, -0.2) is 91.8 Å². The number of alkyl carbamates (subject to hydrolysis) is 1. The third kappa shape index (κ3) is 10.1. The molecule has 0 aliphatic carbocycles. The molecular formula is C21H42N6O3. The summed E-state index contributed by atoms with van der Waals surface area (Å²) >= 11 is 0. The molecule has 9 nitrogen and oxygen atoms in total. The Balaban J connectivity index is 2.51. The fourth-order valence-electron chi connectivity index (χ4n) is 3.13. The molecule has 0 aromatic rings. The van der Waals surface area contributed by atoms with E-state index in [1.165, 1.54) is 0 Å². The van der Waals surface area contributed by atoms with E-state index >= 15 is 0 Å². The van der Waals surface area contributed by atoms with Gasteiger partial charge in [0, 0.05) is 45.8 Å².